The molecule has 1 aromatic carbocycles. The molecular formula is C19H30N2O2. The van der Waals surface area contributed by atoms with Crippen LogP contribution in [0.1, 0.15) is 58.9 Å². The number of benzene rings is 1. The molecule has 0 N–H and O–H groups in total. The molecule has 1 aromatic rings. The summed E-state index contributed by atoms with van der Waals surface area (Å²) in [6.45, 7) is 11.4. The van der Waals surface area contributed by atoms with Gasteiger partial charge in [0.2, 0.25) is 11.8 Å². The molecular weight excluding hydrogens is 288 g/mol. The maximum absolute atomic E-state index is 12.6. The largest absolute Gasteiger partial charge is 0.341 e. The normalized spacial score (nSPS) is 10.7. The first-order valence-electron chi connectivity index (χ1n) is 8.57. The number of rotatable bonds is 8. The summed E-state index contributed by atoms with van der Waals surface area (Å²) in [5, 5.41) is 0. The monoisotopic (exact) mass is 318 g/mol. The van der Waals surface area contributed by atoms with Crippen LogP contribution in [-0.4, -0.2) is 36.3 Å². The second-order valence-electron chi connectivity index (χ2n) is 6.20. The van der Waals surface area contributed by atoms with Gasteiger partial charge in [0.1, 0.15) is 6.54 Å². The number of carbonyl (C=O) groups is 2. The smallest absolute Gasteiger partial charge is 0.242 e. The van der Waals surface area contributed by atoms with E-state index in [1.807, 2.05) is 29.2 Å². The molecule has 0 aliphatic heterocycles. The van der Waals surface area contributed by atoms with Crippen LogP contribution in [0.5, 0.6) is 0 Å². The van der Waals surface area contributed by atoms with Gasteiger partial charge in [-0.1, -0.05) is 45.9 Å². The first-order valence-corrected chi connectivity index (χ1v) is 8.57. The van der Waals surface area contributed by atoms with Crippen molar-refractivity contribution >= 4 is 17.5 Å². The third-order valence-corrected chi connectivity index (χ3v) is 3.86. The van der Waals surface area contributed by atoms with Crippen LogP contribution in [0.25, 0.3) is 0 Å². The van der Waals surface area contributed by atoms with Gasteiger partial charge in [0, 0.05) is 25.7 Å². The van der Waals surface area contributed by atoms with E-state index in [2.05, 4.69) is 27.7 Å². The molecule has 4 heteroatoms. The van der Waals surface area contributed by atoms with Crippen molar-refractivity contribution in [2.45, 2.75) is 53.4 Å². The van der Waals surface area contributed by atoms with Crippen molar-refractivity contribution in [3.63, 3.8) is 0 Å². The molecule has 0 spiro atoms. The van der Waals surface area contributed by atoms with Crippen molar-refractivity contribution in [2.24, 2.45) is 0 Å². The first kappa shape index (κ1) is 19.2. The highest BCUT2D eigenvalue weighted by molar-refractivity contribution is 5.98. The Morgan fingerprint density at radius 3 is 2.09 bits per heavy atom. The Labute approximate surface area is 140 Å². The molecule has 1 rings (SSSR count). The molecule has 128 valence electrons. The first-order chi connectivity index (χ1) is 10.9. The van der Waals surface area contributed by atoms with Crippen LogP contribution in [0.15, 0.2) is 24.3 Å². The van der Waals surface area contributed by atoms with Gasteiger partial charge < -0.3 is 9.80 Å². The van der Waals surface area contributed by atoms with Crippen molar-refractivity contribution in [1.82, 2.24) is 4.90 Å². The van der Waals surface area contributed by atoms with Crippen LogP contribution in [0.4, 0.5) is 5.69 Å². The van der Waals surface area contributed by atoms with E-state index in [0.717, 1.165) is 37.2 Å². The van der Waals surface area contributed by atoms with Crippen molar-refractivity contribution in [3.8, 4) is 0 Å². The third kappa shape index (κ3) is 5.38. The van der Waals surface area contributed by atoms with E-state index in [1.165, 1.54) is 6.92 Å². The third-order valence-electron chi connectivity index (χ3n) is 3.86. The molecule has 0 aliphatic carbocycles. The minimum absolute atomic E-state index is 0.0162. The molecule has 0 heterocycles. The Bertz CT molecular complexity index is 520. The molecule has 0 aliphatic rings. The van der Waals surface area contributed by atoms with Gasteiger partial charge in [-0.05, 0) is 30.4 Å². The molecule has 0 saturated heterocycles. The zero-order valence-electron chi connectivity index (χ0n) is 15.1. The van der Waals surface area contributed by atoms with Gasteiger partial charge >= 0.3 is 0 Å². The van der Waals surface area contributed by atoms with Gasteiger partial charge in [0.25, 0.3) is 0 Å². The van der Waals surface area contributed by atoms with Gasteiger partial charge in [-0.15, -0.1) is 0 Å². The Kier molecular flexibility index (Phi) is 7.79. The fourth-order valence-corrected chi connectivity index (χ4v) is 2.72. The molecule has 0 bridgehead atoms. The summed E-state index contributed by atoms with van der Waals surface area (Å²) in [7, 11) is 0. The van der Waals surface area contributed by atoms with Crippen molar-refractivity contribution in [1.29, 1.82) is 0 Å². The minimum atomic E-state index is -0.0978. The van der Waals surface area contributed by atoms with E-state index in [4.69, 9.17) is 0 Å². The highest BCUT2D eigenvalue weighted by Gasteiger charge is 2.22. The lowest BCUT2D eigenvalue weighted by Crippen LogP contribution is -2.43. The van der Waals surface area contributed by atoms with E-state index in [-0.39, 0.29) is 18.4 Å². The molecule has 0 unspecified atom stereocenters. The number of anilines is 1. The van der Waals surface area contributed by atoms with Gasteiger partial charge in [0.05, 0.1) is 0 Å². The molecule has 4 nitrogen and oxygen atoms in total. The quantitative estimate of drug-likeness (QED) is 0.731. The Hall–Kier alpha value is -1.84. The van der Waals surface area contributed by atoms with E-state index >= 15 is 0 Å². The van der Waals surface area contributed by atoms with Gasteiger partial charge in [-0.3, -0.25) is 9.59 Å². The second-order valence-corrected chi connectivity index (χ2v) is 6.20. The Morgan fingerprint density at radius 2 is 1.61 bits per heavy atom. The predicted molar refractivity (Wildman–Crippen MR) is 95.7 cm³/mol. The van der Waals surface area contributed by atoms with E-state index < -0.39 is 0 Å². The highest BCUT2D eigenvalue weighted by Crippen LogP contribution is 2.27. The fourth-order valence-electron chi connectivity index (χ4n) is 2.72. The minimum Gasteiger partial charge on any atom is -0.341 e. The maximum atomic E-state index is 12.6. The maximum Gasteiger partial charge on any atom is 0.242 e. The van der Waals surface area contributed by atoms with Crippen molar-refractivity contribution in [3.05, 3.63) is 29.8 Å². The van der Waals surface area contributed by atoms with Crippen LogP contribution in [0, 0.1) is 0 Å². The lowest BCUT2D eigenvalue weighted by atomic mass is 10.0. The lowest BCUT2D eigenvalue weighted by Gasteiger charge is -2.28. The van der Waals surface area contributed by atoms with Crippen LogP contribution < -0.4 is 4.90 Å². The molecule has 0 aromatic heterocycles. The zero-order valence-corrected chi connectivity index (χ0v) is 15.1. The average Bonchev–Trinajstić information content (AvgIpc) is 2.51. The van der Waals surface area contributed by atoms with Crippen molar-refractivity contribution < 1.29 is 9.59 Å². The zero-order chi connectivity index (χ0) is 17.4. The van der Waals surface area contributed by atoms with Crippen molar-refractivity contribution in [2.75, 3.05) is 24.5 Å². The summed E-state index contributed by atoms with van der Waals surface area (Å²) in [5.74, 6) is 0.215. The van der Waals surface area contributed by atoms with Gasteiger partial charge in [0.15, 0.2) is 0 Å². The number of carbonyl (C=O) groups excluding carboxylic acids is 2. The average molecular weight is 318 g/mol. The Morgan fingerprint density at radius 1 is 1.04 bits per heavy atom. The number of hydrogen-bond donors (Lipinski definition) is 0. The molecule has 0 fully saturated rings. The van der Waals surface area contributed by atoms with Gasteiger partial charge in [-0.25, -0.2) is 0 Å². The fraction of sp³-hybridized carbons (Fsp3) is 0.579. The van der Waals surface area contributed by atoms with Crippen LogP contribution >= 0.6 is 0 Å². The predicted octanol–water partition coefficient (Wildman–Crippen LogP) is 3.81. The summed E-state index contributed by atoms with van der Waals surface area (Å²) in [4.78, 5) is 28.2. The highest BCUT2D eigenvalue weighted by atomic mass is 16.2. The number of nitrogens with zero attached hydrogens (tertiary/aromatic N) is 2. The van der Waals surface area contributed by atoms with Crippen LogP contribution in [0.3, 0.4) is 0 Å². The SMILES string of the molecule is CCCN(CCC)C(=O)CN(C(C)=O)c1ccccc1C(C)C. The summed E-state index contributed by atoms with van der Waals surface area (Å²) in [6, 6.07) is 7.83. The van der Waals surface area contributed by atoms with Gasteiger partial charge in [-0.2, -0.15) is 0 Å². The van der Waals surface area contributed by atoms with E-state index in [1.54, 1.807) is 4.90 Å². The number of para-hydroxylation sites is 1. The topological polar surface area (TPSA) is 40.6 Å². The standard InChI is InChI=1S/C19H30N2O2/c1-6-12-20(13-7-2)19(23)14-21(16(5)22)18-11-9-8-10-17(18)15(3)4/h8-11,15H,6-7,12-14H2,1-5H3. The van der Waals surface area contributed by atoms with Crippen LogP contribution in [-0.2, 0) is 9.59 Å². The summed E-state index contributed by atoms with van der Waals surface area (Å²) in [5.41, 5.74) is 1.93. The molecule has 23 heavy (non-hydrogen) atoms. The van der Waals surface area contributed by atoms with Crippen LogP contribution in [0.2, 0.25) is 0 Å². The molecule has 0 radical (unpaired) electrons. The number of amides is 2. The molecule has 0 saturated carbocycles. The molecule has 0 atom stereocenters. The lowest BCUT2D eigenvalue weighted by molar-refractivity contribution is -0.131. The number of hydrogen-bond acceptors (Lipinski definition) is 2. The summed E-state index contributed by atoms with van der Waals surface area (Å²) in [6.07, 6.45) is 1.85. The van der Waals surface area contributed by atoms with E-state index in [0.29, 0.717) is 5.92 Å². The summed E-state index contributed by atoms with van der Waals surface area (Å²) < 4.78 is 0. The molecule has 2 amide bonds. The Balaban J connectivity index is 3.04. The second kappa shape index (κ2) is 9.33. The summed E-state index contributed by atoms with van der Waals surface area (Å²) >= 11 is 0. The van der Waals surface area contributed by atoms with E-state index in [9.17, 15) is 9.59 Å².